The number of nitriles is 2. The summed E-state index contributed by atoms with van der Waals surface area (Å²) in [5.74, 6) is -0.343. The van der Waals surface area contributed by atoms with Crippen molar-refractivity contribution in [2.24, 2.45) is 0 Å². The van der Waals surface area contributed by atoms with Crippen molar-refractivity contribution in [1.29, 1.82) is 10.5 Å². The van der Waals surface area contributed by atoms with Crippen molar-refractivity contribution < 1.29 is 0 Å². The van der Waals surface area contributed by atoms with E-state index in [1.807, 2.05) is 39.0 Å². The number of allylic oxidation sites excluding steroid dienone is 4. The number of hydrogen-bond donors (Lipinski definition) is 1. The molecule has 0 aliphatic carbocycles. The van der Waals surface area contributed by atoms with Gasteiger partial charge in [-0.25, -0.2) is 0 Å². The lowest BCUT2D eigenvalue weighted by atomic mass is 9.81. The molecule has 1 aliphatic heterocycles. The van der Waals surface area contributed by atoms with Crippen LogP contribution in [0.4, 0.5) is 0 Å². The molecule has 1 N–H and O–H groups in total. The number of nitrogens with one attached hydrogen (secondary N) is 1. The Morgan fingerprint density at radius 1 is 1.05 bits per heavy atom. The number of rotatable bonds is 1. The molecule has 4 heteroatoms. The Morgan fingerprint density at radius 2 is 1.60 bits per heavy atom. The van der Waals surface area contributed by atoms with Gasteiger partial charge in [0.2, 0.25) is 0 Å². The van der Waals surface area contributed by atoms with Gasteiger partial charge in [-0.2, -0.15) is 10.5 Å². The smallest absolute Gasteiger partial charge is 0.0975 e. The van der Waals surface area contributed by atoms with E-state index in [4.69, 9.17) is 11.6 Å². The zero-order valence-corrected chi connectivity index (χ0v) is 12.3. The van der Waals surface area contributed by atoms with Gasteiger partial charge in [0.05, 0.1) is 29.2 Å². The van der Waals surface area contributed by atoms with Crippen LogP contribution in [0.2, 0.25) is 5.02 Å². The first-order chi connectivity index (χ1) is 9.49. The van der Waals surface area contributed by atoms with E-state index in [2.05, 4.69) is 17.5 Å². The summed E-state index contributed by atoms with van der Waals surface area (Å²) in [6.45, 7) is 5.62. The SMILES string of the molecule is CC1=C(C#N)C(c2ccc(C)c(Cl)c2)C(C#N)=C(C)N1. The zero-order chi connectivity index (χ0) is 14.9. The highest BCUT2D eigenvalue weighted by molar-refractivity contribution is 6.31. The fourth-order valence-electron chi connectivity index (χ4n) is 2.41. The number of dihydropyridines is 1. The van der Waals surface area contributed by atoms with Crippen LogP contribution < -0.4 is 5.32 Å². The summed E-state index contributed by atoms with van der Waals surface area (Å²) in [4.78, 5) is 0. The maximum atomic E-state index is 9.40. The Bertz CT molecular complexity index is 678. The predicted molar refractivity (Wildman–Crippen MR) is 78.7 cm³/mol. The van der Waals surface area contributed by atoms with Gasteiger partial charge >= 0.3 is 0 Å². The largest absolute Gasteiger partial charge is 0.361 e. The first-order valence-electron chi connectivity index (χ1n) is 6.24. The maximum Gasteiger partial charge on any atom is 0.0975 e. The van der Waals surface area contributed by atoms with Crippen LogP contribution in [0.5, 0.6) is 0 Å². The van der Waals surface area contributed by atoms with Gasteiger partial charge in [0.1, 0.15) is 0 Å². The number of hydrogen-bond acceptors (Lipinski definition) is 3. The summed E-state index contributed by atoms with van der Waals surface area (Å²) in [5, 5.41) is 22.5. The molecule has 1 heterocycles. The van der Waals surface area contributed by atoms with Gasteiger partial charge in [0.25, 0.3) is 0 Å². The van der Waals surface area contributed by atoms with E-state index in [1.54, 1.807) is 0 Å². The quantitative estimate of drug-likeness (QED) is 0.849. The average molecular weight is 284 g/mol. The Hall–Kier alpha value is -2.23. The fourth-order valence-corrected chi connectivity index (χ4v) is 2.60. The third-order valence-electron chi connectivity index (χ3n) is 3.53. The summed E-state index contributed by atoms with van der Waals surface area (Å²) in [6, 6.07) is 10.1. The Labute approximate surface area is 123 Å². The maximum absolute atomic E-state index is 9.40. The summed E-state index contributed by atoms with van der Waals surface area (Å²) in [5.41, 5.74) is 4.53. The van der Waals surface area contributed by atoms with Gasteiger partial charge in [-0.3, -0.25) is 0 Å². The molecule has 0 bridgehead atoms. The molecule has 0 saturated heterocycles. The third kappa shape index (κ3) is 2.29. The second-order valence-electron chi connectivity index (χ2n) is 4.87. The van der Waals surface area contributed by atoms with Crippen molar-refractivity contribution in [3.63, 3.8) is 0 Å². The van der Waals surface area contributed by atoms with Crippen LogP contribution in [0.1, 0.15) is 30.9 Å². The lowest BCUT2D eigenvalue weighted by Gasteiger charge is -2.26. The highest BCUT2D eigenvalue weighted by atomic mass is 35.5. The molecular weight excluding hydrogens is 270 g/mol. The highest BCUT2D eigenvalue weighted by Crippen LogP contribution is 2.38. The van der Waals surface area contributed by atoms with Crippen molar-refractivity contribution in [2.75, 3.05) is 0 Å². The fraction of sp³-hybridized carbons (Fsp3) is 0.250. The summed E-state index contributed by atoms with van der Waals surface area (Å²) < 4.78 is 0. The molecule has 1 aromatic carbocycles. The Kier molecular flexibility index (Phi) is 3.84. The molecule has 100 valence electrons. The van der Waals surface area contributed by atoms with E-state index >= 15 is 0 Å². The Morgan fingerprint density at radius 3 is 2.05 bits per heavy atom. The van der Waals surface area contributed by atoms with Gasteiger partial charge in [-0.05, 0) is 38.0 Å². The molecule has 0 saturated carbocycles. The van der Waals surface area contributed by atoms with Crippen molar-refractivity contribution >= 4 is 11.6 Å². The summed E-state index contributed by atoms with van der Waals surface area (Å²) >= 11 is 6.17. The number of halogens is 1. The minimum absolute atomic E-state index is 0.343. The van der Waals surface area contributed by atoms with E-state index in [9.17, 15) is 10.5 Å². The van der Waals surface area contributed by atoms with E-state index in [0.29, 0.717) is 16.2 Å². The van der Waals surface area contributed by atoms with Crippen molar-refractivity contribution in [3.8, 4) is 12.1 Å². The molecule has 1 aliphatic rings. The average Bonchev–Trinajstić information content (AvgIpc) is 2.41. The second kappa shape index (κ2) is 5.41. The molecule has 0 radical (unpaired) electrons. The normalized spacial score (nSPS) is 15.7. The second-order valence-corrected chi connectivity index (χ2v) is 5.27. The van der Waals surface area contributed by atoms with Crippen LogP contribution in [0, 0.1) is 29.6 Å². The monoisotopic (exact) mass is 283 g/mol. The molecular formula is C16H14ClN3. The molecule has 0 unspecified atom stereocenters. The van der Waals surface area contributed by atoms with Crippen molar-refractivity contribution in [3.05, 3.63) is 56.9 Å². The first-order valence-corrected chi connectivity index (χ1v) is 6.62. The Balaban J connectivity index is 2.66. The van der Waals surface area contributed by atoms with Crippen LogP contribution in [0.15, 0.2) is 40.7 Å². The summed E-state index contributed by atoms with van der Waals surface area (Å²) in [6.07, 6.45) is 0. The minimum atomic E-state index is -0.343. The number of nitrogens with zero attached hydrogens (tertiary/aromatic N) is 2. The predicted octanol–water partition coefficient (Wildman–Crippen LogP) is 3.93. The number of benzene rings is 1. The molecule has 3 nitrogen and oxygen atoms in total. The summed E-state index contributed by atoms with van der Waals surface area (Å²) in [7, 11) is 0. The third-order valence-corrected chi connectivity index (χ3v) is 3.94. The highest BCUT2D eigenvalue weighted by Gasteiger charge is 2.29. The molecule has 2 rings (SSSR count). The van der Waals surface area contributed by atoms with E-state index in [0.717, 1.165) is 22.5 Å². The van der Waals surface area contributed by atoms with Crippen LogP contribution in [-0.4, -0.2) is 0 Å². The van der Waals surface area contributed by atoms with Gasteiger partial charge in [0, 0.05) is 16.4 Å². The zero-order valence-electron chi connectivity index (χ0n) is 11.6. The van der Waals surface area contributed by atoms with E-state index in [-0.39, 0.29) is 5.92 Å². The van der Waals surface area contributed by atoms with Crippen molar-refractivity contribution in [1.82, 2.24) is 5.32 Å². The molecule has 0 fully saturated rings. The van der Waals surface area contributed by atoms with Gasteiger partial charge in [-0.15, -0.1) is 0 Å². The number of aryl methyl sites for hydroxylation is 1. The van der Waals surface area contributed by atoms with E-state index in [1.165, 1.54) is 0 Å². The first kappa shape index (κ1) is 14.2. The molecule has 0 amide bonds. The van der Waals surface area contributed by atoms with Crippen molar-refractivity contribution in [2.45, 2.75) is 26.7 Å². The van der Waals surface area contributed by atoms with Crippen LogP contribution in [0.3, 0.4) is 0 Å². The van der Waals surface area contributed by atoms with Crippen LogP contribution in [0.25, 0.3) is 0 Å². The molecule has 0 spiro atoms. The van der Waals surface area contributed by atoms with Gasteiger partial charge in [-0.1, -0.05) is 23.7 Å². The lowest BCUT2D eigenvalue weighted by molar-refractivity contribution is 0.814. The molecule has 1 aromatic rings. The topological polar surface area (TPSA) is 59.6 Å². The van der Waals surface area contributed by atoms with Crippen LogP contribution >= 0.6 is 11.6 Å². The van der Waals surface area contributed by atoms with Crippen LogP contribution in [-0.2, 0) is 0 Å². The standard InChI is InChI=1S/C16H14ClN3/c1-9-4-5-12(6-15(9)17)16-13(7-18)10(2)20-11(3)14(16)8-19/h4-6,16,20H,1-3H3. The van der Waals surface area contributed by atoms with Gasteiger partial charge in [0.15, 0.2) is 0 Å². The van der Waals surface area contributed by atoms with Gasteiger partial charge < -0.3 is 5.32 Å². The molecule has 20 heavy (non-hydrogen) atoms. The molecule has 0 aromatic heterocycles. The lowest BCUT2D eigenvalue weighted by Crippen LogP contribution is -2.23. The minimum Gasteiger partial charge on any atom is -0.361 e. The van der Waals surface area contributed by atoms with E-state index < -0.39 is 0 Å². The molecule has 0 atom stereocenters.